The van der Waals surface area contributed by atoms with Gasteiger partial charge in [0.05, 0.1) is 16.7 Å². The molecule has 0 spiro atoms. The minimum Gasteiger partial charge on any atom is -0.392 e. The van der Waals surface area contributed by atoms with Gasteiger partial charge in [-0.05, 0) is 25.3 Å². The van der Waals surface area contributed by atoms with Crippen LogP contribution in [0.2, 0.25) is 0 Å². The molecule has 2 N–H and O–H groups in total. The molecule has 0 aliphatic heterocycles. The van der Waals surface area contributed by atoms with Crippen LogP contribution in [0.1, 0.15) is 17.3 Å². The molecule has 82 valence electrons. The molecule has 4 nitrogen and oxygen atoms in total. The number of aromatic nitrogens is 1. The van der Waals surface area contributed by atoms with Gasteiger partial charge in [0.25, 0.3) is 5.91 Å². The Morgan fingerprint density at radius 2 is 2.40 bits per heavy atom. The van der Waals surface area contributed by atoms with E-state index in [0.29, 0.717) is 5.56 Å². The van der Waals surface area contributed by atoms with Crippen molar-refractivity contribution in [2.75, 3.05) is 12.8 Å². The van der Waals surface area contributed by atoms with Crippen LogP contribution in [0.15, 0.2) is 23.4 Å². The maximum absolute atomic E-state index is 11.5. The van der Waals surface area contributed by atoms with E-state index in [0.717, 1.165) is 5.03 Å². The van der Waals surface area contributed by atoms with Crippen molar-refractivity contribution in [3.8, 4) is 0 Å². The lowest BCUT2D eigenvalue weighted by Gasteiger charge is -2.06. The van der Waals surface area contributed by atoms with Gasteiger partial charge < -0.3 is 10.4 Å². The van der Waals surface area contributed by atoms with Crippen molar-refractivity contribution in [2.45, 2.75) is 18.1 Å². The van der Waals surface area contributed by atoms with E-state index in [2.05, 4.69) is 10.3 Å². The Hall–Kier alpha value is -1.07. The van der Waals surface area contributed by atoms with Gasteiger partial charge in [0.2, 0.25) is 0 Å². The molecule has 0 aliphatic rings. The van der Waals surface area contributed by atoms with Crippen molar-refractivity contribution in [3.63, 3.8) is 0 Å². The number of aliphatic hydroxyl groups is 1. The second-order valence-corrected chi connectivity index (χ2v) is 3.97. The largest absolute Gasteiger partial charge is 0.392 e. The molecule has 5 heteroatoms. The van der Waals surface area contributed by atoms with E-state index in [-0.39, 0.29) is 12.5 Å². The van der Waals surface area contributed by atoms with Crippen molar-refractivity contribution < 1.29 is 9.90 Å². The Morgan fingerprint density at radius 3 is 2.87 bits per heavy atom. The van der Waals surface area contributed by atoms with Gasteiger partial charge in [-0.1, -0.05) is 0 Å². The predicted octanol–water partition coefficient (Wildman–Crippen LogP) is 0.914. The van der Waals surface area contributed by atoms with E-state index in [4.69, 9.17) is 5.11 Å². The van der Waals surface area contributed by atoms with E-state index in [1.165, 1.54) is 18.0 Å². The number of hydrogen-bond donors (Lipinski definition) is 2. The van der Waals surface area contributed by atoms with Gasteiger partial charge in [-0.25, -0.2) is 4.98 Å². The van der Waals surface area contributed by atoms with Gasteiger partial charge in [0.15, 0.2) is 0 Å². The molecule has 0 saturated carbocycles. The third-order valence-electron chi connectivity index (χ3n) is 1.77. The number of amides is 1. The van der Waals surface area contributed by atoms with Gasteiger partial charge in [-0.3, -0.25) is 4.79 Å². The molecule has 1 aromatic heterocycles. The summed E-state index contributed by atoms with van der Waals surface area (Å²) in [5.74, 6) is -0.212. The van der Waals surface area contributed by atoms with Crippen molar-refractivity contribution in [1.82, 2.24) is 10.3 Å². The van der Waals surface area contributed by atoms with Crippen LogP contribution in [0.4, 0.5) is 0 Å². The van der Waals surface area contributed by atoms with Crippen molar-refractivity contribution in [2.24, 2.45) is 0 Å². The summed E-state index contributed by atoms with van der Waals surface area (Å²) in [5, 5.41) is 12.5. The highest BCUT2D eigenvalue weighted by atomic mass is 32.2. The molecule has 15 heavy (non-hydrogen) atoms. The van der Waals surface area contributed by atoms with Gasteiger partial charge in [-0.15, -0.1) is 11.8 Å². The normalized spacial score (nSPS) is 12.2. The van der Waals surface area contributed by atoms with Gasteiger partial charge in [0.1, 0.15) is 0 Å². The number of pyridine rings is 1. The molecule has 0 bridgehead atoms. The molecular formula is C10H14N2O2S. The van der Waals surface area contributed by atoms with Gasteiger partial charge in [0, 0.05) is 12.7 Å². The van der Waals surface area contributed by atoms with E-state index in [9.17, 15) is 4.79 Å². The number of nitrogens with zero attached hydrogens (tertiary/aromatic N) is 1. The molecule has 1 heterocycles. The second-order valence-electron chi connectivity index (χ2n) is 3.15. The monoisotopic (exact) mass is 226 g/mol. The molecule has 0 radical (unpaired) electrons. The van der Waals surface area contributed by atoms with E-state index < -0.39 is 6.10 Å². The zero-order valence-electron chi connectivity index (χ0n) is 8.73. The van der Waals surface area contributed by atoms with Gasteiger partial charge in [-0.2, -0.15) is 0 Å². The van der Waals surface area contributed by atoms with E-state index in [1.54, 1.807) is 19.1 Å². The molecule has 1 rings (SSSR count). The number of aliphatic hydroxyl groups excluding tert-OH is 1. The first-order valence-corrected chi connectivity index (χ1v) is 5.82. The van der Waals surface area contributed by atoms with Crippen LogP contribution in [0, 0.1) is 0 Å². The summed E-state index contributed by atoms with van der Waals surface area (Å²) in [7, 11) is 0. The number of nitrogens with one attached hydrogen (secondary N) is 1. The first-order chi connectivity index (χ1) is 7.13. The Morgan fingerprint density at radius 1 is 1.67 bits per heavy atom. The summed E-state index contributed by atoms with van der Waals surface area (Å²) in [6, 6.07) is 3.51. The average molecular weight is 226 g/mol. The Kier molecular flexibility index (Phi) is 4.58. The topological polar surface area (TPSA) is 62.2 Å². The summed E-state index contributed by atoms with van der Waals surface area (Å²) in [5.41, 5.74) is 0.508. The standard InChI is InChI=1S/C10H14N2O2S/c1-7(13)5-12-10(14)8-3-4-9(15-2)11-6-8/h3-4,6-7,13H,5H2,1-2H3,(H,12,14). The van der Waals surface area contributed by atoms with Crippen LogP contribution in [-0.2, 0) is 0 Å². The fourth-order valence-electron chi connectivity index (χ4n) is 0.978. The maximum atomic E-state index is 11.5. The molecule has 0 saturated heterocycles. The number of carbonyl (C=O) groups excluding carboxylic acids is 1. The highest BCUT2D eigenvalue weighted by Crippen LogP contribution is 2.10. The third-order valence-corrected chi connectivity index (χ3v) is 2.43. The van der Waals surface area contributed by atoms with Crippen LogP contribution < -0.4 is 5.32 Å². The Bertz CT molecular complexity index is 325. The maximum Gasteiger partial charge on any atom is 0.252 e. The lowest BCUT2D eigenvalue weighted by Crippen LogP contribution is -2.30. The molecule has 0 aliphatic carbocycles. The number of rotatable bonds is 4. The van der Waals surface area contributed by atoms with Crippen LogP contribution in [0.5, 0.6) is 0 Å². The zero-order chi connectivity index (χ0) is 11.3. The molecule has 1 aromatic rings. The van der Waals surface area contributed by atoms with Crippen LogP contribution in [0.25, 0.3) is 0 Å². The summed E-state index contributed by atoms with van der Waals surface area (Å²) >= 11 is 1.52. The highest BCUT2D eigenvalue weighted by Gasteiger charge is 2.06. The van der Waals surface area contributed by atoms with Crippen molar-refractivity contribution >= 4 is 17.7 Å². The minimum atomic E-state index is -0.535. The number of thioether (sulfide) groups is 1. The number of hydrogen-bond acceptors (Lipinski definition) is 4. The smallest absolute Gasteiger partial charge is 0.252 e. The summed E-state index contributed by atoms with van der Waals surface area (Å²) in [6.07, 6.45) is 2.92. The zero-order valence-corrected chi connectivity index (χ0v) is 9.54. The summed E-state index contributed by atoms with van der Waals surface area (Å²) in [6.45, 7) is 1.87. The van der Waals surface area contributed by atoms with Crippen molar-refractivity contribution in [1.29, 1.82) is 0 Å². The van der Waals surface area contributed by atoms with Crippen LogP contribution >= 0.6 is 11.8 Å². The highest BCUT2D eigenvalue weighted by molar-refractivity contribution is 7.98. The Labute approximate surface area is 93.1 Å². The molecule has 0 fully saturated rings. The predicted molar refractivity (Wildman–Crippen MR) is 60.0 cm³/mol. The molecular weight excluding hydrogens is 212 g/mol. The minimum absolute atomic E-state index is 0.212. The first-order valence-electron chi connectivity index (χ1n) is 4.60. The Balaban J connectivity index is 2.58. The summed E-state index contributed by atoms with van der Waals surface area (Å²) < 4.78 is 0. The molecule has 1 atom stereocenters. The quantitative estimate of drug-likeness (QED) is 0.749. The van der Waals surface area contributed by atoms with Crippen LogP contribution in [-0.4, -0.2) is 34.9 Å². The lowest BCUT2D eigenvalue weighted by atomic mass is 10.2. The van der Waals surface area contributed by atoms with E-state index in [1.807, 2.05) is 6.26 Å². The first kappa shape index (κ1) is 12.0. The molecule has 1 unspecified atom stereocenters. The van der Waals surface area contributed by atoms with Gasteiger partial charge >= 0.3 is 0 Å². The third kappa shape index (κ3) is 3.89. The molecule has 0 aromatic carbocycles. The lowest BCUT2D eigenvalue weighted by molar-refractivity contribution is 0.0923. The van der Waals surface area contributed by atoms with Crippen LogP contribution in [0.3, 0.4) is 0 Å². The second kappa shape index (κ2) is 5.72. The van der Waals surface area contributed by atoms with Crippen molar-refractivity contribution in [3.05, 3.63) is 23.9 Å². The fourth-order valence-corrected chi connectivity index (χ4v) is 1.34. The average Bonchev–Trinajstić information content (AvgIpc) is 2.26. The summed E-state index contributed by atoms with van der Waals surface area (Å²) in [4.78, 5) is 15.6. The fraction of sp³-hybridized carbons (Fsp3) is 0.400. The SMILES string of the molecule is CSc1ccc(C(=O)NCC(C)O)cn1. The number of carbonyl (C=O) groups is 1. The van der Waals surface area contributed by atoms with E-state index >= 15 is 0 Å². The molecule has 1 amide bonds.